The SMILES string of the molecule is COC1OC(=O)N(c2ccc(C3CCC4(CC3)OCCO4)cc2)C1C. The Labute approximate surface area is 148 Å². The smallest absolute Gasteiger partial charge is 0.417 e. The molecule has 1 saturated carbocycles. The highest BCUT2D eigenvalue weighted by atomic mass is 16.7. The predicted molar refractivity (Wildman–Crippen MR) is 91.5 cm³/mol. The quantitative estimate of drug-likeness (QED) is 0.839. The van der Waals surface area contributed by atoms with E-state index in [4.69, 9.17) is 18.9 Å². The molecular weight excluding hydrogens is 322 g/mol. The molecule has 0 bridgehead atoms. The summed E-state index contributed by atoms with van der Waals surface area (Å²) in [5, 5.41) is 0. The molecule has 0 aromatic heterocycles. The average Bonchev–Trinajstić information content (AvgIpc) is 3.20. The first-order valence-electron chi connectivity index (χ1n) is 9.02. The van der Waals surface area contributed by atoms with Crippen LogP contribution in [-0.2, 0) is 18.9 Å². The van der Waals surface area contributed by atoms with Crippen LogP contribution in [-0.4, -0.2) is 44.5 Å². The molecular formula is C19H25NO5. The lowest BCUT2D eigenvalue weighted by Crippen LogP contribution is -2.35. The number of hydrogen-bond acceptors (Lipinski definition) is 5. The molecule has 1 spiro atoms. The summed E-state index contributed by atoms with van der Waals surface area (Å²) < 4.78 is 22.0. The van der Waals surface area contributed by atoms with E-state index in [1.54, 1.807) is 12.0 Å². The molecule has 2 saturated heterocycles. The van der Waals surface area contributed by atoms with Crippen molar-refractivity contribution in [3.63, 3.8) is 0 Å². The Kier molecular flexibility index (Phi) is 4.43. The van der Waals surface area contributed by atoms with Crippen molar-refractivity contribution in [3.05, 3.63) is 29.8 Å². The third kappa shape index (κ3) is 3.03. The Morgan fingerprint density at radius 2 is 1.76 bits per heavy atom. The molecule has 3 fully saturated rings. The van der Waals surface area contributed by atoms with Crippen LogP contribution >= 0.6 is 0 Å². The van der Waals surface area contributed by atoms with Gasteiger partial charge in [-0.3, -0.25) is 4.90 Å². The molecule has 2 aliphatic heterocycles. The van der Waals surface area contributed by atoms with E-state index in [-0.39, 0.29) is 17.9 Å². The summed E-state index contributed by atoms with van der Waals surface area (Å²) in [6.45, 7) is 3.35. The summed E-state index contributed by atoms with van der Waals surface area (Å²) in [4.78, 5) is 13.7. The number of anilines is 1. The fourth-order valence-corrected chi connectivity index (χ4v) is 4.21. The van der Waals surface area contributed by atoms with Crippen LogP contribution in [0.15, 0.2) is 24.3 Å². The lowest BCUT2D eigenvalue weighted by atomic mass is 9.81. The van der Waals surface area contributed by atoms with E-state index in [1.807, 2.05) is 19.1 Å². The Morgan fingerprint density at radius 3 is 2.32 bits per heavy atom. The van der Waals surface area contributed by atoms with E-state index in [1.165, 1.54) is 5.56 Å². The standard InChI is InChI=1S/C19H25NO5/c1-13-17(22-2)25-18(21)20(13)16-5-3-14(4-6-16)15-7-9-19(10-8-15)23-11-12-24-19/h3-6,13,15,17H,7-12H2,1-2H3. The van der Waals surface area contributed by atoms with Gasteiger partial charge in [0.25, 0.3) is 0 Å². The van der Waals surface area contributed by atoms with Gasteiger partial charge in [-0.25, -0.2) is 4.79 Å². The van der Waals surface area contributed by atoms with Crippen LogP contribution < -0.4 is 4.90 Å². The Balaban J connectivity index is 1.43. The van der Waals surface area contributed by atoms with Crippen molar-refractivity contribution in [2.24, 2.45) is 0 Å². The number of rotatable bonds is 3. The third-order valence-electron chi connectivity index (χ3n) is 5.65. The highest BCUT2D eigenvalue weighted by Gasteiger charge is 2.41. The van der Waals surface area contributed by atoms with Gasteiger partial charge in [0.2, 0.25) is 6.29 Å². The van der Waals surface area contributed by atoms with Crippen LogP contribution in [0.1, 0.15) is 44.1 Å². The fraction of sp³-hybridized carbons (Fsp3) is 0.632. The Hall–Kier alpha value is -1.63. The van der Waals surface area contributed by atoms with Gasteiger partial charge < -0.3 is 18.9 Å². The molecule has 6 heteroatoms. The van der Waals surface area contributed by atoms with Gasteiger partial charge in [-0.05, 0) is 43.4 Å². The van der Waals surface area contributed by atoms with E-state index in [9.17, 15) is 4.79 Å². The van der Waals surface area contributed by atoms with Crippen LogP contribution in [0.3, 0.4) is 0 Å². The number of methoxy groups -OCH3 is 1. The average molecular weight is 347 g/mol. The molecule has 2 heterocycles. The molecule has 1 aromatic rings. The van der Waals surface area contributed by atoms with E-state index in [0.717, 1.165) is 31.4 Å². The van der Waals surface area contributed by atoms with Crippen LogP contribution in [0.5, 0.6) is 0 Å². The van der Waals surface area contributed by atoms with Crippen molar-refractivity contribution in [2.75, 3.05) is 25.2 Å². The summed E-state index contributed by atoms with van der Waals surface area (Å²) in [5.74, 6) is 0.197. The molecule has 4 rings (SSSR count). The first-order chi connectivity index (χ1) is 12.1. The van der Waals surface area contributed by atoms with Crippen LogP contribution in [0, 0.1) is 0 Å². The number of benzene rings is 1. The second-order valence-corrected chi connectivity index (χ2v) is 7.07. The Morgan fingerprint density at radius 1 is 1.12 bits per heavy atom. The number of carbonyl (C=O) groups excluding carboxylic acids is 1. The van der Waals surface area contributed by atoms with Crippen molar-refractivity contribution in [3.8, 4) is 0 Å². The third-order valence-corrected chi connectivity index (χ3v) is 5.65. The molecule has 3 aliphatic rings. The minimum absolute atomic E-state index is 0.144. The van der Waals surface area contributed by atoms with E-state index < -0.39 is 6.29 Å². The first-order valence-corrected chi connectivity index (χ1v) is 9.02. The second-order valence-electron chi connectivity index (χ2n) is 7.07. The normalized spacial score (nSPS) is 29.4. The van der Waals surface area contributed by atoms with Gasteiger partial charge in [0.1, 0.15) is 6.04 Å². The maximum absolute atomic E-state index is 12.1. The summed E-state index contributed by atoms with van der Waals surface area (Å²) in [5.41, 5.74) is 2.15. The number of amides is 1. The minimum Gasteiger partial charge on any atom is -0.417 e. The van der Waals surface area contributed by atoms with Gasteiger partial charge in [-0.2, -0.15) is 0 Å². The van der Waals surface area contributed by atoms with Gasteiger partial charge in [0.15, 0.2) is 5.79 Å². The topological polar surface area (TPSA) is 57.2 Å². The van der Waals surface area contributed by atoms with Crippen LogP contribution in [0.25, 0.3) is 0 Å². The van der Waals surface area contributed by atoms with E-state index >= 15 is 0 Å². The number of cyclic esters (lactones) is 1. The molecule has 6 nitrogen and oxygen atoms in total. The largest absolute Gasteiger partial charge is 0.417 e. The van der Waals surface area contributed by atoms with Crippen LogP contribution in [0.4, 0.5) is 10.5 Å². The highest BCUT2D eigenvalue weighted by molar-refractivity contribution is 5.90. The molecule has 0 N–H and O–H groups in total. The summed E-state index contributed by atoms with van der Waals surface area (Å²) in [7, 11) is 1.55. The zero-order valence-corrected chi connectivity index (χ0v) is 14.8. The van der Waals surface area contributed by atoms with Gasteiger partial charge in [0.05, 0.1) is 13.2 Å². The lowest BCUT2D eigenvalue weighted by molar-refractivity contribution is -0.178. The Bertz CT molecular complexity index is 615. The second kappa shape index (κ2) is 6.59. The predicted octanol–water partition coefficient (Wildman–Crippen LogP) is 3.40. The molecule has 2 unspecified atom stereocenters. The lowest BCUT2D eigenvalue weighted by Gasteiger charge is -2.35. The maximum atomic E-state index is 12.1. The number of carbonyl (C=O) groups is 1. The first kappa shape index (κ1) is 16.8. The zero-order chi connectivity index (χ0) is 17.4. The van der Waals surface area contributed by atoms with Crippen LogP contribution in [0.2, 0.25) is 0 Å². The number of nitrogens with zero attached hydrogens (tertiary/aromatic N) is 1. The molecule has 136 valence electrons. The monoisotopic (exact) mass is 347 g/mol. The molecule has 1 amide bonds. The fourth-order valence-electron chi connectivity index (χ4n) is 4.21. The van der Waals surface area contributed by atoms with Gasteiger partial charge in [-0.15, -0.1) is 0 Å². The van der Waals surface area contributed by atoms with Gasteiger partial charge in [-0.1, -0.05) is 12.1 Å². The zero-order valence-electron chi connectivity index (χ0n) is 14.8. The molecule has 2 atom stereocenters. The van der Waals surface area contributed by atoms with Gasteiger partial charge in [0, 0.05) is 25.6 Å². The van der Waals surface area contributed by atoms with E-state index in [0.29, 0.717) is 19.1 Å². The van der Waals surface area contributed by atoms with E-state index in [2.05, 4.69) is 12.1 Å². The minimum atomic E-state index is -0.520. The van der Waals surface area contributed by atoms with Crippen molar-refractivity contribution in [1.29, 1.82) is 0 Å². The molecule has 1 aliphatic carbocycles. The van der Waals surface area contributed by atoms with Crippen molar-refractivity contribution < 1.29 is 23.7 Å². The molecule has 25 heavy (non-hydrogen) atoms. The highest BCUT2D eigenvalue weighted by Crippen LogP contribution is 2.42. The number of hydrogen-bond donors (Lipinski definition) is 0. The van der Waals surface area contributed by atoms with Crippen molar-refractivity contribution >= 4 is 11.8 Å². The summed E-state index contributed by atoms with van der Waals surface area (Å²) >= 11 is 0. The maximum Gasteiger partial charge on any atom is 0.417 e. The number of ether oxygens (including phenoxy) is 4. The summed E-state index contributed by atoms with van der Waals surface area (Å²) in [6.07, 6.45) is 3.14. The van der Waals surface area contributed by atoms with Crippen molar-refractivity contribution in [2.45, 2.75) is 56.6 Å². The molecule has 0 radical (unpaired) electrons. The van der Waals surface area contributed by atoms with Gasteiger partial charge >= 0.3 is 6.09 Å². The molecule has 1 aromatic carbocycles. The van der Waals surface area contributed by atoms with Crippen molar-refractivity contribution in [1.82, 2.24) is 0 Å². The summed E-state index contributed by atoms with van der Waals surface area (Å²) in [6, 6.07) is 8.09.